The summed E-state index contributed by atoms with van der Waals surface area (Å²) in [7, 11) is 0. The molecule has 1 aromatic rings. The number of ether oxygens (including phenoxy) is 1. The van der Waals surface area contributed by atoms with Crippen LogP contribution in [0.4, 0.5) is 4.79 Å². The molecule has 1 aromatic carbocycles. The first-order chi connectivity index (χ1) is 11.1. The summed E-state index contributed by atoms with van der Waals surface area (Å²) >= 11 is 0. The Bertz CT molecular complexity index is 623. The molecule has 3 atom stereocenters. The number of piperidine rings is 1. The van der Waals surface area contributed by atoms with E-state index >= 15 is 0 Å². The molecule has 1 saturated heterocycles. The number of carbonyl (C=O) groups excluding carboxylic acids is 2. The lowest BCUT2D eigenvalue weighted by molar-refractivity contribution is -0.115. The van der Waals surface area contributed by atoms with E-state index in [0.29, 0.717) is 30.6 Å². The molecule has 0 saturated carbocycles. The number of hydrogen-bond acceptors (Lipinski definition) is 3. The van der Waals surface area contributed by atoms with Crippen LogP contribution in [0, 0.1) is 11.8 Å². The lowest BCUT2D eigenvalue weighted by Gasteiger charge is -2.37. The van der Waals surface area contributed by atoms with Gasteiger partial charge >= 0.3 is 6.09 Å². The highest BCUT2D eigenvalue weighted by molar-refractivity contribution is 5.97. The second-order valence-corrected chi connectivity index (χ2v) is 6.44. The van der Waals surface area contributed by atoms with Crippen LogP contribution in [0.2, 0.25) is 0 Å². The summed E-state index contributed by atoms with van der Waals surface area (Å²) in [4.78, 5) is 26.7. The quantitative estimate of drug-likeness (QED) is 0.852. The standard InChI is InChI=1S/C19H23NO3/c1-3-18(21)16-11-13(2)14-9-10-17(16)20(12-14)19(22)23-15-7-5-4-6-8-15/h4-8,11,13-14,17H,3,9-10,12H2,1-2H3/t13-,14?,17?/m0/s1. The lowest BCUT2D eigenvalue weighted by Crippen LogP contribution is -2.49. The van der Waals surface area contributed by atoms with Gasteiger partial charge in [-0.05, 0) is 36.8 Å². The van der Waals surface area contributed by atoms with E-state index in [1.807, 2.05) is 25.1 Å². The molecule has 2 bridgehead atoms. The Hall–Kier alpha value is -2.10. The van der Waals surface area contributed by atoms with Crippen LogP contribution in [0.15, 0.2) is 42.0 Å². The van der Waals surface area contributed by atoms with Gasteiger partial charge in [-0.25, -0.2) is 4.79 Å². The second kappa shape index (κ2) is 6.57. The van der Waals surface area contributed by atoms with Gasteiger partial charge < -0.3 is 9.64 Å². The van der Waals surface area contributed by atoms with E-state index in [0.717, 1.165) is 18.4 Å². The molecule has 4 heteroatoms. The van der Waals surface area contributed by atoms with Crippen LogP contribution in [0.1, 0.15) is 33.1 Å². The van der Waals surface area contributed by atoms with Gasteiger partial charge in [0.1, 0.15) is 5.75 Å². The summed E-state index contributed by atoms with van der Waals surface area (Å²) in [5, 5.41) is 0. The number of Topliss-reactive ketones (excluding diaryl/α,β-unsaturated/α-hetero) is 1. The van der Waals surface area contributed by atoms with Crippen LogP contribution in [0.5, 0.6) is 5.75 Å². The fourth-order valence-corrected chi connectivity index (χ4v) is 3.61. The van der Waals surface area contributed by atoms with E-state index in [2.05, 4.69) is 13.0 Å². The first-order valence-electron chi connectivity index (χ1n) is 8.38. The van der Waals surface area contributed by atoms with E-state index < -0.39 is 0 Å². The number of carbonyl (C=O) groups is 2. The monoisotopic (exact) mass is 313 g/mol. The van der Waals surface area contributed by atoms with Gasteiger partial charge in [0, 0.05) is 18.5 Å². The van der Waals surface area contributed by atoms with Gasteiger partial charge in [-0.3, -0.25) is 4.79 Å². The Morgan fingerprint density at radius 3 is 2.65 bits per heavy atom. The highest BCUT2D eigenvalue weighted by Crippen LogP contribution is 2.37. The molecule has 3 aliphatic rings. The van der Waals surface area contributed by atoms with E-state index in [1.165, 1.54) is 0 Å². The van der Waals surface area contributed by atoms with Crippen molar-refractivity contribution < 1.29 is 14.3 Å². The average molecular weight is 313 g/mol. The van der Waals surface area contributed by atoms with Crippen molar-refractivity contribution in [3.63, 3.8) is 0 Å². The van der Waals surface area contributed by atoms with Gasteiger partial charge in [0.15, 0.2) is 5.78 Å². The fourth-order valence-electron chi connectivity index (χ4n) is 3.61. The fraction of sp³-hybridized carbons (Fsp3) is 0.474. The maximum atomic E-state index is 12.6. The minimum Gasteiger partial charge on any atom is -0.410 e. The summed E-state index contributed by atoms with van der Waals surface area (Å²) < 4.78 is 5.51. The number of para-hydroxylation sites is 1. The van der Waals surface area contributed by atoms with Gasteiger partial charge in [0.2, 0.25) is 0 Å². The predicted octanol–water partition coefficient (Wildman–Crippen LogP) is 3.82. The van der Waals surface area contributed by atoms with Crippen molar-refractivity contribution in [3.8, 4) is 5.75 Å². The number of benzene rings is 1. The Morgan fingerprint density at radius 2 is 1.96 bits per heavy atom. The lowest BCUT2D eigenvalue weighted by atomic mass is 9.87. The van der Waals surface area contributed by atoms with Gasteiger partial charge in [-0.1, -0.05) is 38.1 Å². The van der Waals surface area contributed by atoms with Gasteiger partial charge in [-0.2, -0.15) is 0 Å². The number of amides is 1. The highest BCUT2D eigenvalue weighted by atomic mass is 16.6. The first kappa shape index (κ1) is 15.8. The van der Waals surface area contributed by atoms with Crippen molar-refractivity contribution in [1.82, 2.24) is 4.90 Å². The first-order valence-corrected chi connectivity index (χ1v) is 8.38. The SMILES string of the molecule is CCC(=O)C1=C[C@H](C)C2CCC1N(C(=O)Oc1ccccc1)C2. The molecule has 4 nitrogen and oxygen atoms in total. The minimum absolute atomic E-state index is 0.139. The predicted molar refractivity (Wildman–Crippen MR) is 88.2 cm³/mol. The normalized spacial score (nSPS) is 26.4. The third kappa shape index (κ3) is 3.16. The van der Waals surface area contributed by atoms with Crippen LogP contribution in [0.3, 0.4) is 0 Å². The minimum atomic E-state index is -0.352. The average Bonchev–Trinajstić information content (AvgIpc) is 2.82. The van der Waals surface area contributed by atoms with Crippen LogP contribution in [-0.2, 0) is 4.79 Å². The smallest absolute Gasteiger partial charge is 0.410 e. The zero-order chi connectivity index (χ0) is 16.4. The van der Waals surface area contributed by atoms with Crippen molar-refractivity contribution in [2.24, 2.45) is 11.8 Å². The van der Waals surface area contributed by atoms with Gasteiger partial charge in [-0.15, -0.1) is 0 Å². The number of hydrogen-bond donors (Lipinski definition) is 0. The van der Waals surface area contributed by atoms with Crippen LogP contribution in [0.25, 0.3) is 0 Å². The number of nitrogens with zero attached hydrogens (tertiary/aromatic N) is 1. The zero-order valence-corrected chi connectivity index (χ0v) is 13.7. The molecular weight excluding hydrogens is 290 g/mol. The largest absolute Gasteiger partial charge is 0.415 e. The molecule has 0 radical (unpaired) electrons. The van der Waals surface area contributed by atoms with E-state index in [1.54, 1.807) is 17.0 Å². The van der Waals surface area contributed by atoms with Crippen molar-refractivity contribution in [1.29, 1.82) is 0 Å². The maximum absolute atomic E-state index is 12.6. The van der Waals surface area contributed by atoms with Gasteiger partial charge in [0.25, 0.3) is 0 Å². The van der Waals surface area contributed by atoms with Crippen LogP contribution >= 0.6 is 0 Å². The third-order valence-electron chi connectivity index (χ3n) is 4.99. The number of fused-ring (bicyclic) bond motifs is 3. The molecular formula is C19H23NO3. The summed E-state index contributed by atoms with van der Waals surface area (Å²) in [6.45, 7) is 4.67. The van der Waals surface area contributed by atoms with Crippen LogP contribution in [-0.4, -0.2) is 29.4 Å². The molecule has 0 spiro atoms. The Labute approximate surface area is 137 Å². The summed E-state index contributed by atoms with van der Waals surface area (Å²) in [6.07, 6.45) is 4.11. The van der Waals surface area contributed by atoms with Crippen molar-refractivity contribution in [2.75, 3.05) is 6.54 Å². The molecule has 0 N–H and O–H groups in total. The number of ketones is 1. The van der Waals surface area contributed by atoms with E-state index in [-0.39, 0.29) is 17.9 Å². The Morgan fingerprint density at radius 1 is 1.22 bits per heavy atom. The summed E-state index contributed by atoms with van der Waals surface area (Å²) in [5.74, 6) is 1.40. The van der Waals surface area contributed by atoms with Crippen molar-refractivity contribution in [3.05, 3.63) is 42.0 Å². The van der Waals surface area contributed by atoms with Crippen molar-refractivity contribution >= 4 is 11.9 Å². The second-order valence-electron chi connectivity index (χ2n) is 6.44. The molecule has 0 aromatic heterocycles. The molecule has 122 valence electrons. The molecule has 4 rings (SSSR count). The molecule has 1 aliphatic carbocycles. The molecule has 2 unspecified atom stereocenters. The third-order valence-corrected chi connectivity index (χ3v) is 4.99. The maximum Gasteiger partial charge on any atom is 0.415 e. The summed E-state index contributed by atoms with van der Waals surface area (Å²) in [6, 6.07) is 8.96. The number of rotatable bonds is 3. The Balaban J connectivity index is 1.84. The van der Waals surface area contributed by atoms with E-state index in [9.17, 15) is 9.59 Å². The molecule has 2 aliphatic heterocycles. The van der Waals surface area contributed by atoms with Gasteiger partial charge in [0.05, 0.1) is 6.04 Å². The Kier molecular flexibility index (Phi) is 4.51. The van der Waals surface area contributed by atoms with E-state index in [4.69, 9.17) is 4.74 Å². The topological polar surface area (TPSA) is 46.6 Å². The molecule has 1 amide bonds. The van der Waals surface area contributed by atoms with Crippen molar-refractivity contribution in [2.45, 2.75) is 39.2 Å². The highest BCUT2D eigenvalue weighted by Gasteiger charge is 2.41. The zero-order valence-electron chi connectivity index (χ0n) is 13.7. The van der Waals surface area contributed by atoms with Crippen LogP contribution < -0.4 is 4.74 Å². The number of allylic oxidation sites excluding steroid dienone is 1. The molecule has 1 fully saturated rings. The molecule has 23 heavy (non-hydrogen) atoms. The summed E-state index contributed by atoms with van der Waals surface area (Å²) in [5.41, 5.74) is 0.796. The molecule has 2 heterocycles.